The molecule has 0 fully saturated rings. The topological polar surface area (TPSA) is 31.6 Å². The van der Waals surface area contributed by atoms with E-state index in [9.17, 15) is 0 Å². The molecule has 1 aromatic carbocycles. The zero-order valence-corrected chi connectivity index (χ0v) is 9.21. The van der Waals surface area contributed by atoms with E-state index in [1.807, 2.05) is 18.2 Å². The summed E-state index contributed by atoms with van der Waals surface area (Å²) in [6.07, 6.45) is 1.64. The first-order valence-electron chi connectivity index (χ1n) is 4.10. The summed E-state index contributed by atoms with van der Waals surface area (Å²) in [5, 5.41) is 0.941. The summed E-state index contributed by atoms with van der Waals surface area (Å²) < 4.78 is 16.4. The minimum atomic E-state index is 0.225. The molecular weight excluding hydrogens is 248 g/mol. The van der Waals surface area contributed by atoms with Gasteiger partial charge in [-0.25, -0.2) is 0 Å². The average molecular weight is 257 g/mol. The van der Waals surface area contributed by atoms with E-state index in [1.54, 1.807) is 13.4 Å². The third-order valence-corrected chi connectivity index (χ3v) is 2.48. The molecule has 0 saturated heterocycles. The van der Waals surface area contributed by atoms with Crippen LogP contribution in [0.3, 0.4) is 0 Å². The molecule has 3 nitrogen and oxygen atoms in total. The summed E-state index contributed by atoms with van der Waals surface area (Å²) in [4.78, 5) is 0. The van der Waals surface area contributed by atoms with E-state index in [4.69, 9.17) is 13.9 Å². The Morgan fingerprint density at radius 2 is 2.21 bits per heavy atom. The van der Waals surface area contributed by atoms with Crippen LogP contribution in [0.15, 0.2) is 33.4 Å². The normalized spacial score (nSPS) is 10.7. The van der Waals surface area contributed by atoms with Crippen molar-refractivity contribution in [2.45, 2.75) is 0 Å². The molecule has 0 N–H and O–H groups in total. The van der Waals surface area contributed by atoms with Crippen molar-refractivity contribution < 1.29 is 13.9 Å². The molecule has 0 saturated carbocycles. The van der Waals surface area contributed by atoms with Crippen LogP contribution in [0.1, 0.15) is 0 Å². The molecular formula is C10H9BrO3. The Bertz CT molecular complexity index is 436. The first kappa shape index (κ1) is 9.55. The highest BCUT2D eigenvalue weighted by molar-refractivity contribution is 9.10. The van der Waals surface area contributed by atoms with Crippen LogP contribution in [0.4, 0.5) is 0 Å². The Hall–Kier alpha value is -1.00. The van der Waals surface area contributed by atoms with Gasteiger partial charge in [-0.2, -0.15) is 0 Å². The first-order chi connectivity index (χ1) is 6.83. The Labute approximate surface area is 89.7 Å². The van der Waals surface area contributed by atoms with Crippen LogP contribution in [-0.4, -0.2) is 13.9 Å². The van der Waals surface area contributed by atoms with Crippen molar-refractivity contribution in [2.24, 2.45) is 0 Å². The van der Waals surface area contributed by atoms with Gasteiger partial charge < -0.3 is 13.9 Å². The number of hydrogen-bond acceptors (Lipinski definition) is 3. The van der Waals surface area contributed by atoms with Crippen molar-refractivity contribution in [2.75, 3.05) is 13.9 Å². The fraction of sp³-hybridized carbons (Fsp3) is 0.200. The number of rotatable bonds is 3. The summed E-state index contributed by atoms with van der Waals surface area (Å²) in [5.41, 5.74) is 0.805. The fourth-order valence-electron chi connectivity index (χ4n) is 1.26. The van der Waals surface area contributed by atoms with Crippen LogP contribution >= 0.6 is 15.9 Å². The minimum Gasteiger partial charge on any atom is -0.466 e. The largest absolute Gasteiger partial charge is 0.466 e. The van der Waals surface area contributed by atoms with E-state index >= 15 is 0 Å². The van der Waals surface area contributed by atoms with Gasteiger partial charge in [-0.3, -0.25) is 0 Å². The summed E-state index contributed by atoms with van der Waals surface area (Å²) in [6.45, 7) is 0.225. The Balaban J connectivity index is 2.47. The summed E-state index contributed by atoms with van der Waals surface area (Å²) >= 11 is 3.41. The van der Waals surface area contributed by atoms with Crippen molar-refractivity contribution in [3.63, 3.8) is 0 Å². The van der Waals surface area contributed by atoms with Gasteiger partial charge in [0.25, 0.3) is 0 Å². The van der Waals surface area contributed by atoms with E-state index in [1.165, 1.54) is 0 Å². The third kappa shape index (κ3) is 1.63. The molecule has 0 aliphatic carbocycles. The van der Waals surface area contributed by atoms with Crippen LogP contribution in [0.5, 0.6) is 5.75 Å². The van der Waals surface area contributed by atoms with Gasteiger partial charge in [0.05, 0.1) is 16.1 Å². The second kappa shape index (κ2) is 4.02. The van der Waals surface area contributed by atoms with Gasteiger partial charge in [0.1, 0.15) is 11.3 Å². The average Bonchev–Trinajstić information content (AvgIpc) is 2.64. The van der Waals surface area contributed by atoms with Gasteiger partial charge in [-0.1, -0.05) is 0 Å². The van der Waals surface area contributed by atoms with Crippen LogP contribution in [0.2, 0.25) is 0 Å². The first-order valence-corrected chi connectivity index (χ1v) is 4.89. The van der Waals surface area contributed by atoms with E-state index in [-0.39, 0.29) is 6.79 Å². The van der Waals surface area contributed by atoms with Gasteiger partial charge in [0.2, 0.25) is 0 Å². The lowest BCUT2D eigenvalue weighted by molar-refractivity contribution is 0.0517. The van der Waals surface area contributed by atoms with E-state index in [0.717, 1.165) is 21.2 Å². The smallest absolute Gasteiger partial charge is 0.188 e. The van der Waals surface area contributed by atoms with Gasteiger partial charge in [0.15, 0.2) is 6.79 Å². The minimum absolute atomic E-state index is 0.225. The molecule has 0 amide bonds. The number of ether oxygens (including phenoxy) is 2. The van der Waals surface area contributed by atoms with Crippen molar-refractivity contribution in [1.29, 1.82) is 0 Å². The SMILES string of the molecule is COCOc1c(Br)ccc2occc12. The van der Waals surface area contributed by atoms with E-state index in [0.29, 0.717) is 0 Å². The lowest BCUT2D eigenvalue weighted by atomic mass is 10.2. The monoisotopic (exact) mass is 256 g/mol. The zero-order chi connectivity index (χ0) is 9.97. The van der Waals surface area contributed by atoms with Gasteiger partial charge >= 0.3 is 0 Å². The number of hydrogen-bond donors (Lipinski definition) is 0. The second-order valence-corrected chi connectivity index (χ2v) is 3.61. The Morgan fingerprint density at radius 1 is 1.36 bits per heavy atom. The number of halogens is 1. The lowest BCUT2D eigenvalue weighted by Gasteiger charge is -2.07. The van der Waals surface area contributed by atoms with Crippen molar-refractivity contribution in [1.82, 2.24) is 0 Å². The molecule has 2 rings (SSSR count). The van der Waals surface area contributed by atoms with E-state index in [2.05, 4.69) is 15.9 Å². The highest BCUT2D eigenvalue weighted by Gasteiger charge is 2.08. The van der Waals surface area contributed by atoms with Crippen LogP contribution in [0, 0.1) is 0 Å². The molecule has 14 heavy (non-hydrogen) atoms. The molecule has 74 valence electrons. The molecule has 0 bridgehead atoms. The van der Waals surface area contributed by atoms with Crippen LogP contribution in [0.25, 0.3) is 11.0 Å². The number of benzene rings is 1. The Morgan fingerprint density at radius 3 is 3.00 bits per heavy atom. The highest BCUT2D eigenvalue weighted by Crippen LogP contribution is 2.34. The number of fused-ring (bicyclic) bond motifs is 1. The standard InChI is InChI=1S/C10H9BrO3/c1-12-6-14-10-7-4-5-13-9(7)3-2-8(10)11/h2-5H,6H2,1H3. The maximum absolute atomic E-state index is 5.43. The molecule has 2 aromatic rings. The van der Waals surface area contributed by atoms with Gasteiger partial charge in [-0.05, 0) is 34.1 Å². The number of methoxy groups -OCH3 is 1. The molecule has 0 aliphatic heterocycles. The maximum Gasteiger partial charge on any atom is 0.188 e. The summed E-state index contributed by atoms with van der Waals surface area (Å²) in [7, 11) is 1.59. The molecule has 0 spiro atoms. The van der Waals surface area contributed by atoms with Crippen LogP contribution < -0.4 is 4.74 Å². The molecule has 0 aliphatic rings. The maximum atomic E-state index is 5.43. The zero-order valence-electron chi connectivity index (χ0n) is 7.62. The van der Waals surface area contributed by atoms with Crippen molar-refractivity contribution >= 4 is 26.9 Å². The predicted octanol–water partition coefficient (Wildman–Crippen LogP) is 3.18. The fourth-order valence-corrected chi connectivity index (χ4v) is 1.72. The number of furan rings is 1. The highest BCUT2D eigenvalue weighted by atomic mass is 79.9. The molecule has 0 radical (unpaired) electrons. The molecule has 1 heterocycles. The summed E-state index contributed by atoms with van der Waals surface area (Å²) in [6, 6.07) is 5.64. The van der Waals surface area contributed by atoms with Crippen molar-refractivity contribution in [3.05, 3.63) is 28.9 Å². The van der Waals surface area contributed by atoms with Crippen molar-refractivity contribution in [3.8, 4) is 5.75 Å². The predicted molar refractivity (Wildman–Crippen MR) is 56.4 cm³/mol. The molecule has 0 atom stereocenters. The molecule has 0 unspecified atom stereocenters. The van der Waals surface area contributed by atoms with Gasteiger partial charge in [-0.15, -0.1) is 0 Å². The Kier molecular flexibility index (Phi) is 2.74. The van der Waals surface area contributed by atoms with Gasteiger partial charge in [0, 0.05) is 7.11 Å². The quantitative estimate of drug-likeness (QED) is 0.791. The second-order valence-electron chi connectivity index (χ2n) is 2.76. The molecule has 4 heteroatoms. The third-order valence-electron chi connectivity index (χ3n) is 1.86. The lowest BCUT2D eigenvalue weighted by Crippen LogP contribution is -1.99. The summed E-state index contributed by atoms with van der Waals surface area (Å²) in [5.74, 6) is 0.748. The molecule has 1 aromatic heterocycles. The van der Waals surface area contributed by atoms with E-state index < -0.39 is 0 Å². The van der Waals surface area contributed by atoms with Crippen LogP contribution in [-0.2, 0) is 4.74 Å².